The number of fused-ring (bicyclic) bond motifs is 1. The number of hydrogen-bond acceptors (Lipinski definition) is 3. The van der Waals surface area contributed by atoms with Crippen LogP contribution in [0.25, 0.3) is 11.5 Å². The van der Waals surface area contributed by atoms with E-state index in [0.717, 1.165) is 29.0 Å². The predicted octanol–water partition coefficient (Wildman–Crippen LogP) is 2.81. The Morgan fingerprint density at radius 2 is 2.11 bits per heavy atom. The normalized spacial score (nSPS) is 15.2. The molecule has 0 aromatic carbocycles. The molecule has 0 atom stereocenters. The summed E-state index contributed by atoms with van der Waals surface area (Å²) in [6.45, 7) is 0. The Morgan fingerprint density at radius 1 is 1.28 bits per heavy atom. The fourth-order valence-corrected chi connectivity index (χ4v) is 2.82. The Balaban J connectivity index is 2.14. The summed E-state index contributed by atoms with van der Waals surface area (Å²) >= 11 is 5.44. The van der Waals surface area contributed by atoms with Crippen molar-refractivity contribution in [3.63, 3.8) is 0 Å². The Labute approximate surface area is 111 Å². The first kappa shape index (κ1) is 11.6. The van der Waals surface area contributed by atoms with Crippen LogP contribution in [0, 0.1) is 4.64 Å². The lowest BCUT2D eigenvalue weighted by molar-refractivity contribution is 0.708. The highest BCUT2D eigenvalue weighted by Gasteiger charge is 2.14. The summed E-state index contributed by atoms with van der Waals surface area (Å²) < 4.78 is 2.71. The van der Waals surface area contributed by atoms with Crippen LogP contribution in [-0.2, 0) is 19.9 Å². The standard InChI is InChI=1S/C13H16N4S/c1-17-8-14-7-11(17)12-15-10-6-4-2-3-5-9(10)13(18)16-12/h7-8H,2-6H2,1H3,(H,15,16,18). The summed E-state index contributed by atoms with van der Waals surface area (Å²) in [5.74, 6) is 0.834. The topological polar surface area (TPSA) is 46.5 Å². The SMILES string of the molecule is Cn1cncc1-c1nc(=S)c2c([nH]1)CCCCC2. The van der Waals surface area contributed by atoms with Gasteiger partial charge in [-0.25, -0.2) is 9.97 Å². The van der Waals surface area contributed by atoms with Gasteiger partial charge in [-0.05, 0) is 25.7 Å². The van der Waals surface area contributed by atoms with Gasteiger partial charge in [0.05, 0.1) is 12.5 Å². The lowest BCUT2D eigenvalue weighted by Gasteiger charge is -2.09. The molecule has 0 fully saturated rings. The summed E-state index contributed by atoms with van der Waals surface area (Å²) in [6, 6.07) is 0. The molecule has 0 amide bonds. The zero-order valence-corrected chi connectivity index (χ0v) is 11.3. The minimum absolute atomic E-state index is 0.752. The average Bonchev–Trinajstić information content (AvgIpc) is 2.63. The second-order valence-electron chi connectivity index (χ2n) is 4.80. The van der Waals surface area contributed by atoms with Gasteiger partial charge in [-0.3, -0.25) is 0 Å². The third kappa shape index (κ3) is 1.99. The van der Waals surface area contributed by atoms with E-state index in [1.807, 2.05) is 17.8 Å². The summed E-state index contributed by atoms with van der Waals surface area (Å²) in [6.07, 6.45) is 9.45. The van der Waals surface area contributed by atoms with E-state index in [1.165, 1.54) is 30.5 Å². The lowest BCUT2D eigenvalue weighted by Crippen LogP contribution is -2.03. The molecule has 1 aliphatic carbocycles. The van der Waals surface area contributed by atoms with Gasteiger partial charge in [0.1, 0.15) is 10.3 Å². The first-order valence-electron chi connectivity index (χ1n) is 6.34. The first-order chi connectivity index (χ1) is 8.75. The Hall–Kier alpha value is -1.49. The van der Waals surface area contributed by atoms with E-state index in [0.29, 0.717) is 0 Å². The Kier molecular flexibility index (Phi) is 2.99. The highest BCUT2D eigenvalue weighted by molar-refractivity contribution is 7.71. The molecule has 0 saturated carbocycles. The van der Waals surface area contributed by atoms with Crippen molar-refractivity contribution in [3.8, 4) is 11.5 Å². The van der Waals surface area contributed by atoms with Crippen molar-refractivity contribution in [3.05, 3.63) is 28.4 Å². The molecule has 2 heterocycles. The van der Waals surface area contributed by atoms with E-state index in [1.54, 1.807) is 6.33 Å². The van der Waals surface area contributed by atoms with Crippen LogP contribution in [0.4, 0.5) is 0 Å². The van der Waals surface area contributed by atoms with Crippen LogP contribution < -0.4 is 0 Å². The monoisotopic (exact) mass is 260 g/mol. The number of hydrogen-bond donors (Lipinski definition) is 1. The van der Waals surface area contributed by atoms with Crippen LogP contribution >= 0.6 is 12.2 Å². The summed E-state index contributed by atoms with van der Waals surface area (Å²) in [5, 5.41) is 0. The number of nitrogens with one attached hydrogen (secondary N) is 1. The molecule has 5 heteroatoms. The number of aryl methyl sites for hydroxylation is 2. The number of aromatic nitrogens is 4. The average molecular weight is 260 g/mol. The maximum absolute atomic E-state index is 5.44. The van der Waals surface area contributed by atoms with Crippen LogP contribution in [-0.4, -0.2) is 19.5 Å². The number of aromatic amines is 1. The van der Waals surface area contributed by atoms with Crippen molar-refractivity contribution in [2.45, 2.75) is 32.1 Å². The van der Waals surface area contributed by atoms with Crippen molar-refractivity contribution in [1.82, 2.24) is 19.5 Å². The van der Waals surface area contributed by atoms with Gasteiger partial charge in [-0.1, -0.05) is 18.6 Å². The summed E-state index contributed by atoms with van der Waals surface area (Å²) in [4.78, 5) is 12.1. The molecule has 1 N–H and O–H groups in total. The molecular formula is C13H16N4S. The van der Waals surface area contributed by atoms with Gasteiger partial charge < -0.3 is 9.55 Å². The van der Waals surface area contributed by atoms with Gasteiger partial charge in [0.2, 0.25) is 0 Å². The van der Waals surface area contributed by atoms with Crippen molar-refractivity contribution in [1.29, 1.82) is 0 Å². The van der Waals surface area contributed by atoms with Crippen molar-refractivity contribution in [2.75, 3.05) is 0 Å². The lowest BCUT2D eigenvalue weighted by atomic mass is 10.1. The van der Waals surface area contributed by atoms with E-state index in [9.17, 15) is 0 Å². The van der Waals surface area contributed by atoms with Crippen molar-refractivity contribution >= 4 is 12.2 Å². The van der Waals surface area contributed by atoms with Gasteiger partial charge in [0.25, 0.3) is 0 Å². The largest absolute Gasteiger partial charge is 0.342 e. The Bertz CT molecular complexity index is 626. The molecule has 0 spiro atoms. The second-order valence-corrected chi connectivity index (χ2v) is 5.18. The van der Waals surface area contributed by atoms with Crippen LogP contribution in [0.2, 0.25) is 0 Å². The van der Waals surface area contributed by atoms with Gasteiger partial charge in [-0.15, -0.1) is 0 Å². The van der Waals surface area contributed by atoms with Crippen LogP contribution in [0.15, 0.2) is 12.5 Å². The van der Waals surface area contributed by atoms with Gasteiger partial charge in [-0.2, -0.15) is 0 Å². The zero-order valence-electron chi connectivity index (χ0n) is 10.4. The van der Waals surface area contributed by atoms with Crippen LogP contribution in [0.3, 0.4) is 0 Å². The molecule has 1 aliphatic rings. The molecule has 0 radical (unpaired) electrons. The zero-order chi connectivity index (χ0) is 12.5. The fourth-order valence-electron chi connectivity index (χ4n) is 2.50. The maximum Gasteiger partial charge on any atom is 0.157 e. The molecular weight excluding hydrogens is 244 g/mol. The quantitative estimate of drug-likeness (QED) is 0.633. The van der Waals surface area contributed by atoms with Gasteiger partial charge in [0, 0.05) is 18.3 Å². The minimum atomic E-state index is 0.752. The van der Waals surface area contributed by atoms with E-state index >= 15 is 0 Å². The van der Waals surface area contributed by atoms with Crippen LogP contribution in [0.1, 0.15) is 30.5 Å². The number of H-pyrrole nitrogens is 1. The number of imidazole rings is 1. The first-order valence-corrected chi connectivity index (χ1v) is 6.75. The fraction of sp³-hybridized carbons (Fsp3) is 0.462. The molecule has 0 bridgehead atoms. The second kappa shape index (κ2) is 4.65. The molecule has 94 valence electrons. The summed E-state index contributed by atoms with van der Waals surface area (Å²) in [7, 11) is 1.96. The van der Waals surface area contributed by atoms with E-state index in [2.05, 4.69) is 15.0 Å². The van der Waals surface area contributed by atoms with Crippen LogP contribution in [0.5, 0.6) is 0 Å². The molecule has 0 aliphatic heterocycles. The third-order valence-corrected chi connectivity index (χ3v) is 3.86. The number of nitrogens with zero attached hydrogens (tertiary/aromatic N) is 3. The summed E-state index contributed by atoms with van der Waals surface area (Å²) in [5.41, 5.74) is 3.49. The number of rotatable bonds is 1. The molecule has 3 rings (SSSR count). The maximum atomic E-state index is 5.44. The molecule has 0 saturated heterocycles. The van der Waals surface area contributed by atoms with E-state index in [-0.39, 0.29) is 0 Å². The Morgan fingerprint density at radius 3 is 2.89 bits per heavy atom. The molecule has 2 aromatic rings. The van der Waals surface area contributed by atoms with Crippen molar-refractivity contribution in [2.24, 2.45) is 7.05 Å². The molecule has 4 nitrogen and oxygen atoms in total. The van der Waals surface area contributed by atoms with Gasteiger partial charge in [0.15, 0.2) is 5.82 Å². The van der Waals surface area contributed by atoms with Crippen molar-refractivity contribution < 1.29 is 0 Å². The highest BCUT2D eigenvalue weighted by atomic mass is 32.1. The van der Waals surface area contributed by atoms with E-state index in [4.69, 9.17) is 12.2 Å². The smallest absolute Gasteiger partial charge is 0.157 e. The minimum Gasteiger partial charge on any atom is -0.342 e. The highest BCUT2D eigenvalue weighted by Crippen LogP contribution is 2.22. The molecule has 18 heavy (non-hydrogen) atoms. The van der Waals surface area contributed by atoms with E-state index < -0.39 is 0 Å². The predicted molar refractivity (Wildman–Crippen MR) is 72.9 cm³/mol. The molecule has 2 aromatic heterocycles. The van der Waals surface area contributed by atoms with Gasteiger partial charge >= 0.3 is 0 Å². The third-order valence-electron chi connectivity index (χ3n) is 3.52. The molecule has 0 unspecified atom stereocenters.